The molecule has 1 aliphatic rings. The Morgan fingerprint density at radius 1 is 0.632 bits per heavy atom. The van der Waals surface area contributed by atoms with Crippen LogP contribution in [-0.2, 0) is 20.2 Å². The molecule has 38 heavy (non-hydrogen) atoms. The lowest BCUT2D eigenvalue weighted by atomic mass is 10.2. The van der Waals surface area contributed by atoms with E-state index in [4.69, 9.17) is 4.98 Å². The van der Waals surface area contributed by atoms with Crippen LogP contribution in [0.5, 0.6) is 0 Å². The van der Waals surface area contributed by atoms with Crippen LogP contribution < -0.4 is 0 Å². The van der Waals surface area contributed by atoms with Gasteiger partial charge in [-0.05, 0) is 12.1 Å². The summed E-state index contributed by atoms with van der Waals surface area (Å²) in [6, 6.07) is 12.0. The summed E-state index contributed by atoms with van der Waals surface area (Å²) in [4.78, 5) is 43.0. The molecular formula is C24H42N5O6P3. The van der Waals surface area contributed by atoms with E-state index >= 15 is 0 Å². The molecular weight excluding hydrogens is 547 g/mol. The predicted octanol–water partition coefficient (Wildman–Crippen LogP) is 2.53. The van der Waals surface area contributed by atoms with E-state index in [1.54, 1.807) is 0 Å². The first-order valence-corrected chi connectivity index (χ1v) is 19.6. The molecule has 214 valence electrons. The molecule has 3 unspecified atom stereocenters. The number of aromatic nitrogens is 1. The average molecular weight is 590 g/mol. The van der Waals surface area contributed by atoms with Gasteiger partial charge >= 0.3 is 0 Å². The van der Waals surface area contributed by atoms with Gasteiger partial charge in [-0.15, -0.1) is 0 Å². The molecule has 3 atom stereocenters. The Kier molecular flexibility index (Phi) is 11.3. The Morgan fingerprint density at radius 3 is 1.45 bits per heavy atom. The van der Waals surface area contributed by atoms with Crippen LogP contribution >= 0.6 is 22.1 Å². The van der Waals surface area contributed by atoms with Gasteiger partial charge < -0.3 is 14.7 Å². The molecule has 2 aromatic rings. The van der Waals surface area contributed by atoms with Gasteiger partial charge in [-0.2, -0.15) is 0 Å². The molecule has 0 bridgehead atoms. The third-order valence-corrected chi connectivity index (χ3v) is 9.13. The maximum absolute atomic E-state index is 12.3. The Balaban J connectivity index is 1.82. The Hall–Kier alpha value is -0.960. The molecule has 0 radical (unpaired) electrons. The zero-order valence-electron chi connectivity index (χ0n) is 22.6. The van der Waals surface area contributed by atoms with Crippen molar-refractivity contribution in [2.75, 3.05) is 91.2 Å². The van der Waals surface area contributed by atoms with Crippen LogP contribution in [0.2, 0.25) is 0 Å². The largest absolute Gasteiger partial charge is 0.344 e. The summed E-state index contributed by atoms with van der Waals surface area (Å²) in [5, 5.41) is 1.06. The Morgan fingerprint density at radius 2 is 1.03 bits per heavy atom. The molecule has 3 rings (SSSR count). The van der Waals surface area contributed by atoms with Gasteiger partial charge in [-0.25, -0.2) is 0 Å². The summed E-state index contributed by atoms with van der Waals surface area (Å²) in [5.74, 6) is 0. The second-order valence-electron chi connectivity index (χ2n) is 10.7. The van der Waals surface area contributed by atoms with Crippen LogP contribution in [0.3, 0.4) is 0 Å². The lowest BCUT2D eigenvalue weighted by molar-refractivity contribution is 0.148. The third kappa shape index (κ3) is 12.1. The fraction of sp³-hybridized carbons (Fsp3) is 0.625. The van der Waals surface area contributed by atoms with Crippen molar-refractivity contribution in [1.82, 2.24) is 24.6 Å². The fourth-order valence-corrected chi connectivity index (χ4v) is 7.77. The second-order valence-corrected chi connectivity index (χ2v) is 17.9. The summed E-state index contributed by atoms with van der Waals surface area (Å²) in [5.41, 5.74) is 1.83. The molecule has 0 spiro atoms. The highest BCUT2D eigenvalue weighted by Crippen LogP contribution is 2.38. The standard InChI is InChI=1S/C24H42N5O6P3/c1-36(30,31)19-27-12-10-26(18-23-9-8-22-6-4-5-7-24(22)25-23)11-13-28(20-37(2,32)33)15-17-29(16-14-27)21-38(3,34)35/h4-9H,10-21H2,1-3H3,(H,30,31)(H,32,33)(H,34,35). The fourth-order valence-electron chi connectivity index (χ4n) is 4.70. The lowest BCUT2D eigenvalue weighted by Gasteiger charge is -2.35. The van der Waals surface area contributed by atoms with E-state index in [-0.39, 0.29) is 18.9 Å². The van der Waals surface area contributed by atoms with Gasteiger partial charge in [0.2, 0.25) is 22.1 Å². The monoisotopic (exact) mass is 589 g/mol. The highest BCUT2D eigenvalue weighted by Gasteiger charge is 2.24. The average Bonchev–Trinajstić information content (AvgIpc) is 2.78. The molecule has 11 nitrogen and oxygen atoms in total. The van der Waals surface area contributed by atoms with Crippen LogP contribution in [0, 0.1) is 0 Å². The number of nitrogens with zero attached hydrogens (tertiary/aromatic N) is 5. The van der Waals surface area contributed by atoms with Gasteiger partial charge in [-0.1, -0.05) is 24.3 Å². The molecule has 2 heterocycles. The normalized spacial score (nSPS) is 23.1. The Bertz CT molecular complexity index is 1160. The van der Waals surface area contributed by atoms with E-state index in [2.05, 4.69) is 4.90 Å². The van der Waals surface area contributed by atoms with Crippen LogP contribution in [-0.4, -0.2) is 130 Å². The van der Waals surface area contributed by atoms with Crippen molar-refractivity contribution >= 4 is 33.0 Å². The molecule has 1 aliphatic heterocycles. The molecule has 1 fully saturated rings. The van der Waals surface area contributed by atoms with Gasteiger partial charge in [0, 0.05) is 84.3 Å². The molecule has 14 heteroatoms. The first-order chi connectivity index (χ1) is 17.7. The summed E-state index contributed by atoms with van der Waals surface area (Å²) >= 11 is 0. The van der Waals surface area contributed by atoms with E-state index in [1.807, 2.05) is 51.1 Å². The highest BCUT2D eigenvalue weighted by atomic mass is 31.2. The van der Waals surface area contributed by atoms with Crippen molar-refractivity contribution in [1.29, 1.82) is 0 Å². The summed E-state index contributed by atoms with van der Waals surface area (Å²) in [7, 11) is -9.96. The van der Waals surface area contributed by atoms with E-state index in [9.17, 15) is 28.4 Å². The summed E-state index contributed by atoms with van der Waals surface area (Å²) < 4.78 is 36.7. The predicted molar refractivity (Wildman–Crippen MR) is 154 cm³/mol. The molecule has 3 N–H and O–H groups in total. The van der Waals surface area contributed by atoms with Crippen LogP contribution in [0.25, 0.3) is 10.9 Å². The highest BCUT2D eigenvalue weighted by molar-refractivity contribution is 7.57. The number of benzene rings is 1. The smallest absolute Gasteiger partial charge is 0.211 e. The molecule has 1 saturated heterocycles. The SMILES string of the molecule is CP(=O)(O)CN1CCN(Cc2ccc3ccccc3n2)CCN(CP(C)(=O)O)CCN(CP(C)(=O)O)CC1. The van der Waals surface area contributed by atoms with E-state index in [0.29, 0.717) is 58.9 Å². The molecule has 1 aromatic carbocycles. The lowest BCUT2D eigenvalue weighted by Crippen LogP contribution is -2.46. The van der Waals surface area contributed by atoms with Crippen LogP contribution in [0.15, 0.2) is 36.4 Å². The number of rotatable bonds is 8. The molecule has 0 saturated carbocycles. The van der Waals surface area contributed by atoms with Gasteiger partial charge in [0.15, 0.2) is 0 Å². The zero-order chi connectivity index (χ0) is 28.0. The van der Waals surface area contributed by atoms with Gasteiger partial charge in [0.25, 0.3) is 0 Å². The van der Waals surface area contributed by atoms with Gasteiger partial charge in [0.05, 0.1) is 30.1 Å². The van der Waals surface area contributed by atoms with E-state index in [1.165, 1.54) is 20.0 Å². The van der Waals surface area contributed by atoms with E-state index < -0.39 is 22.1 Å². The number of hydrogen-bond acceptors (Lipinski definition) is 8. The maximum Gasteiger partial charge on any atom is 0.211 e. The van der Waals surface area contributed by atoms with Gasteiger partial charge in [-0.3, -0.25) is 38.3 Å². The number of para-hydroxylation sites is 1. The van der Waals surface area contributed by atoms with Crippen molar-refractivity contribution in [2.45, 2.75) is 6.54 Å². The van der Waals surface area contributed by atoms with Gasteiger partial charge in [0.1, 0.15) is 0 Å². The van der Waals surface area contributed by atoms with Crippen LogP contribution in [0.4, 0.5) is 0 Å². The van der Waals surface area contributed by atoms with E-state index in [0.717, 1.165) is 16.6 Å². The first-order valence-electron chi connectivity index (χ1n) is 12.8. The zero-order valence-corrected chi connectivity index (χ0v) is 25.3. The molecule has 0 aliphatic carbocycles. The van der Waals surface area contributed by atoms with Crippen molar-refractivity contribution in [3.05, 3.63) is 42.1 Å². The second kappa shape index (κ2) is 13.6. The minimum atomic E-state index is -3.33. The number of pyridine rings is 1. The molecule has 1 aromatic heterocycles. The van der Waals surface area contributed by atoms with Crippen molar-refractivity contribution in [2.24, 2.45) is 0 Å². The quantitative estimate of drug-likeness (QED) is 0.392. The first kappa shape index (κ1) is 31.6. The van der Waals surface area contributed by atoms with Crippen molar-refractivity contribution < 1.29 is 28.4 Å². The number of fused-ring (bicyclic) bond motifs is 1. The number of hydrogen-bond donors (Lipinski definition) is 3. The summed E-state index contributed by atoms with van der Waals surface area (Å²) in [6.45, 7) is 8.71. The molecule has 0 amide bonds. The van der Waals surface area contributed by atoms with Crippen molar-refractivity contribution in [3.8, 4) is 0 Å². The minimum Gasteiger partial charge on any atom is -0.344 e. The topological polar surface area (TPSA) is 138 Å². The Labute approximate surface area is 225 Å². The van der Waals surface area contributed by atoms with Crippen molar-refractivity contribution in [3.63, 3.8) is 0 Å². The maximum atomic E-state index is 12.3. The third-order valence-electron chi connectivity index (χ3n) is 6.36. The minimum absolute atomic E-state index is 0.000257. The summed E-state index contributed by atoms with van der Waals surface area (Å²) in [6.07, 6.45) is 0.0865. The van der Waals surface area contributed by atoms with Crippen LogP contribution in [0.1, 0.15) is 5.69 Å².